The molecule has 0 radical (unpaired) electrons. The highest BCUT2D eigenvalue weighted by Crippen LogP contribution is 2.44. The first-order valence-electron chi connectivity index (χ1n) is 22.9. The first-order valence-corrected chi connectivity index (χ1v) is 23.8. The highest BCUT2D eigenvalue weighted by atomic mass is 32.1. The molecule has 7 heterocycles. The van der Waals surface area contributed by atoms with Crippen LogP contribution in [0.3, 0.4) is 0 Å². The fourth-order valence-corrected chi connectivity index (χ4v) is 10.7. The number of thiazole rings is 1. The number of amides is 2. The number of cyclic esters (lactones) is 1. The fraction of sp³-hybridized carbons (Fsp3) is 0.604. The Morgan fingerprint density at radius 2 is 1.89 bits per heavy atom. The van der Waals surface area contributed by atoms with Gasteiger partial charge in [0.25, 0.3) is 5.91 Å². The number of hydrogen-bond donors (Lipinski definition) is 3. The van der Waals surface area contributed by atoms with Crippen LogP contribution in [0.4, 0.5) is 4.79 Å². The maximum absolute atomic E-state index is 14.5. The quantitative estimate of drug-likeness (QED) is 0.151. The molecular formula is C48H65N7O8S. The molecule has 7 atom stereocenters. The molecule has 3 aromatic heterocycles. The number of aryl methyl sites for hydroxylation is 1. The van der Waals surface area contributed by atoms with Crippen LogP contribution in [-0.4, -0.2) is 107 Å². The molecule has 4 aromatic rings. The predicted molar refractivity (Wildman–Crippen MR) is 245 cm³/mol. The third-order valence-electron chi connectivity index (χ3n) is 12.8. The van der Waals surface area contributed by atoms with Crippen molar-refractivity contribution in [1.82, 2.24) is 35.6 Å². The lowest BCUT2D eigenvalue weighted by Crippen LogP contribution is -2.61. The van der Waals surface area contributed by atoms with E-state index < -0.39 is 47.2 Å². The SMILES string of the molecule is CCO[C@@H]1c2nc(cs2)-c2ccc3c(c2)c(c(-c2cc(C4C[C@H]5COC[C@@H](C4)N5)cnc2[C@H](C)OC)n3CC)CC(C)(C)COC(=O)[C@@H]2CCCN(N2)C(=O)[C@H]1NC(=O)OC(C)(C)C. The zero-order chi connectivity index (χ0) is 45.5. The Labute approximate surface area is 380 Å². The van der Waals surface area contributed by atoms with E-state index in [0.29, 0.717) is 68.6 Å². The average molecular weight is 900 g/mol. The molecular weight excluding hydrogens is 835 g/mol. The van der Waals surface area contributed by atoms with Gasteiger partial charge >= 0.3 is 12.1 Å². The molecule has 1 unspecified atom stereocenters. The lowest BCUT2D eigenvalue weighted by molar-refractivity contribution is -0.156. The molecule has 3 saturated heterocycles. The van der Waals surface area contributed by atoms with Crippen LogP contribution < -0.4 is 16.1 Å². The van der Waals surface area contributed by atoms with E-state index in [2.05, 4.69) is 65.7 Å². The van der Waals surface area contributed by atoms with Crippen LogP contribution in [0.5, 0.6) is 0 Å². The molecule has 0 aliphatic carbocycles. The Morgan fingerprint density at radius 3 is 2.59 bits per heavy atom. The molecule has 64 heavy (non-hydrogen) atoms. The molecule has 0 saturated carbocycles. The van der Waals surface area contributed by atoms with Gasteiger partial charge in [0.15, 0.2) is 0 Å². The van der Waals surface area contributed by atoms with E-state index >= 15 is 0 Å². The molecule has 16 heteroatoms. The summed E-state index contributed by atoms with van der Waals surface area (Å²) < 4.78 is 32.4. The number of carbonyl (C=O) groups excluding carboxylic acids is 3. The second kappa shape index (κ2) is 18.8. The Morgan fingerprint density at radius 1 is 1.12 bits per heavy atom. The standard InChI is InChI=1S/C48H65N7O8S/c1-10-54-38-15-14-28-19-33(38)35(41(54)34-20-30(22-49-39(34)27(3)59-9)29-17-31-23-60-24-32(18-29)50-31)21-48(7,8)26-62-45(57)36-13-12-16-55(53-36)44(56)40(52-46(58)63-47(4,5)6)42(61-11-2)43-51-37(28)25-64-43/h14-15,19-20,22,25,27,29,31-32,36,40,42,50,53H,10-13,16-18,21,23-24,26H2,1-9H3,(H,52,58)/t27-,29?,31-,32+,36-,40-,42-/m0/s1. The number of nitrogens with zero attached hydrogens (tertiary/aromatic N) is 4. The monoisotopic (exact) mass is 899 g/mol. The van der Waals surface area contributed by atoms with Gasteiger partial charge in [-0.3, -0.25) is 19.6 Å². The molecule has 346 valence electrons. The van der Waals surface area contributed by atoms with Crippen molar-refractivity contribution in [2.45, 2.75) is 142 Å². The van der Waals surface area contributed by atoms with E-state index in [1.807, 2.05) is 25.4 Å². The van der Waals surface area contributed by atoms with Crippen LogP contribution in [-0.2, 0) is 46.2 Å². The van der Waals surface area contributed by atoms with Gasteiger partial charge in [0.2, 0.25) is 0 Å². The summed E-state index contributed by atoms with van der Waals surface area (Å²) in [5, 5.41) is 11.5. The first kappa shape index (κ1) is 46.1. The summed E-state index contributed by atoms with van der Waals surface area (Å²) >= 11 is 1.37. The van der Waals surface area contributed by atoms with Crippen LogP contribution in [0, 0.1) is 5.41 Å². The number of fused-ring (bicyclic) bond motifs is 8. The number of hydrazine groups is 1. The highest BCUT2D eigenvalue weighted by molar-refractivity contribution is 7.10. The Bertz CT molecular complexity index is 2340. The number of esters is 1. The van der Waals surface area contributed by atoms with Gasteiger partial charge in [0, 0.05) is 77.9 Å². The number of nitrogens with one attached hydrogen (secondary N) is 3. The number of morpholine rings is 1. The number of ether oxygens (including phenoxy) is 5. The maximum Gasteiger partial charge on any atom is 0.408 e. The Balaban J connectivity index is 1.29. The number of rotatable bonds is 8. The number of benzene rings is 1. The summed E-state index contributed by atoms with van der Waals surface area (Å²) in [5.74, 6) is -0.594. The van der Waals surface area contributed by atoms with Gasteiger partial charge in [-0.2, -0.15) is 0 Å². The van der Waals surface area contributed by atoms with Gasteiger partial charge in [0.05, 0.1) is 43.0 Å². The highest BCUT2D eigenvalue weighted by Gasteiger charge is 2.41. The van der Waals surface area contributed by atoms with E-state index in [1.54, 1.807) is 27.9 Å². The van der Waals surface area contributed by atoms with Crippen molar-refractivity contribution >= 4 is 40.2 Å². The topological polar surface area (TPSA) is 167 Å². The lowest BCUT2D eigenvalue weighted by Gasteiger charge is -2.40. The van der Waals surface area contributed by atoms with Crippen molar-refractivity contribution < 1.29 is 38.1 Å². The Hall–Kier alpha value is -4.45. The third kappa shape index (κ3) is 9.73. The molecule has 8 bridgehead atoms. The minimum atomic E-state index is -1.23. The van der Waals surface area contributed by atoms with Gasteiger partial charge in [-0.1, -0.05) is 19.9 Å². The van der Waals surface area contributed by atoms with Gasteiger partial charge in [-0.25, -0.2) is 15.2 Å². The molecule has 2 amide bonds. The number of piperidine rings is 1. The van der Waals surface area contributed by atoms with Gasteiger partial charge in [-0.05, 0) is 109 Å². The van der Waals surface area contributed by atoms with Gasteiger partial charge in [0.1, 0.15) is 28.8 Å². The second-order valence-electron chi connectivity index (χ2n) is 19.5. The smallest absolute Gasteiger partial charge is 0.408 e. The molecule has 4 aliphatic rings. The van der Waals surface area contributed by atoms with Crippen LogP contribution in [0.1, 0.15) is 121 Å². The van der Waals surface area contributed by atoms with Crippen molar-refractivity contribution in [3.8, 4) is 22.5 Å². The normalized spacial score (nSPS) is 25.7. The van der Waals surface area contributed by atoms with Crippen LogP contribution in [0.25, 0.3) is 33.4 Å². The Kier molecular flexibility index (Phi) is 13.5. The number of aromatic nitrogens is 3. The van der Waals surface area contributed by atoms with E-state index in [0.717, 1.165) is 57.5 Å². The zero-order valence-electron chi connectivity index (χ0n) is 38.7. The third-order valence-corrected chi connectivity index (χ3v) is 13.7. The number of hydrogen-bond acceptors (Lipinski definition) is 13. The summed E-state index contributed by atoms with van der Waals surface area (Å²) in [4.78, 5) is 52.2. The van der Waals surface area contributed by atoms with E-state index in [-0.39, 0.29) is 19.3 Å². The van der Waals surface area contributed by atoms with Crippen molar-refractivity contribution in [3.05, 3.63) is 57.7 Å². The molecule has 3 N–H and O–H groups in total. The maximum atomic E-state index is 14.5. The van der Waals surface area contributed by atoms with Crippen molar-refractivity contribution in [2.24, 2.45) is 5.41 Å². The zero-order valence-corrected chi connectivity index (χ0v) is 39.6. The first-order chi connectivity index (χ1) is 30.6. The van der Waals surface area contributed by atoms with Gasteiger partial charge < -0.3 is 38.9 Å². The van der Waals surface area contributed by atoms with E-state index in [1.165, 1.54) is 21.9 Å². The summed E-state index contributed by atoms with van der Waals surface area (Å²) in [6.07, 6.45) is 3.59. The molecule has 1 aromatic carbocycles. The van der Waals surface area contributed by atoms with Crippen molar-refractivity contribution in [3.63, 3.8) is 0 Å². The molecule has 15 nitrogen and oxygen atoms in total. The second-order valence-corrected chi connectivity index (χ2v) is 20.4. The predicted octanol–water partition coefficient (Wildman–Crippen LogP) is 7.38. The number of alkyl carbamates (subject to hydrolysis) is 1. The van der Waals surface area contributed by atoms with Crippen LogP contribution in [0.2, 0.25) is 0 Å². The summed E-state index contributed by atoms with van der Waals surface area (Å²) in [7, 11) is 1.72. The fourth-order valence-electron chi connectivity index (χ4n) is 9.77. The molecule has 0 spiro atoms. The summed E-state index contributed by atoms with van der Waals surface area (Å²) in [6.45, 7) is 18.4. The summed E-state index contributed by atoms with van der Waals surface area (Å²) in [6, 6.07) is 7.41. The minimum Gasteiger partial charge on any atom is -0.464 e. The number of pyridine rings is 1. The molecule has 8 rings (SSSR count). The van der Waals surface area contributed by atoms with Crippen molar-refractivity contribution in [2.75, 3.05) is 40.1 Å². The van der Waals surface area contributed by atoms with Crippen LogP contribution >= 0.6 is 11.3 Å². The minimum absolute atomic E-state index is 0.139. The van der Waals surface area contributed by atoms with E-state index in [9.17, 15) is 14.4 Å². The average Bonchev–Trinajstić information content (AvgIpc) is 3.87. The lowest BCUT2D eigenvalue weighted by atomic mass is 9.81. The van der Waals surface area contributed by atoms with Gasteiger partial charge in [-0.15, -0.1) is 11.3 Å². The molecule has 4 aliphatic heterocycles. The van der Waals surface area contributed by atoms with Crippen molar-refractivity contribution in [1.29, 1.82) is 0 Å². The largest absolute Gasteiger partial charge is 0.464 e. The van der Waals surface area contributed by atoms with E-state index in [4.69, 9.17) is 33.7 Å². The number of methoxy groups -OCH3 is 1. The molecule has 3 fully saturated rings. The number of carbonyl (C=O) groups is 3. The van der Waals surface area contributed by atoms with Crippen LogP contribution in [0.15, 0.2) is 35.8 Å². The summed E-state index contributed by atoms with van der Waals surface area (Å²) in [5.41, 5.74) is 9.78.